The molecule has 19 heavy (non-hydrogen) atoms. The highest BCUT2D eigenvalue weighted by atomic mass is 16.3. The van der Waals surface area contributed by atoms with Crippen LogP contribution in [0, 0.1) is 0 Å². The molecule has 1 aromatic carbocycles. The molecule has 1 aliphatic heterocycles. The zero-order valence-corrected chi connectivity index (χ0v) is 10.9. The molecule has 0 spiro atoms. The Morgan fingerprint density at radius 1 is 1.00 bits per heavy atom. The van der Waals surface area contributed by atoms with Crippen molar-refractivity contribution >= 4 is 0 Å². The first-order chi connectivity index (χ1) is 9.33. The summed E-state index contributed by atoms with van der Waals surface area (Å²) < 4.78 is 0. The number of phenolic OH excluding ortho intramolecular Hbond substituents is 1. The van der Waals surface area contributed by atoms with E-state index in [9.17, 15) is 5.11 Å². The quantitative estimate of drug-likeness (QED) is 0.914. The van der Waals surface area contributed by atoms with Gasteiger partial charge in [-0.2, -0.15) is 0 Å². The lowest BCUT2D eigenvalue weighted by Crippen LogP contribution is -2.19. The van der Waals surface area contributed by atoms with E-state index in [1.165, 1.54) is 25.9 Å². The van der Waals surface area contributed by atoms with Crippen LogP contribution in [-0.2, 0) is 6.54 Å². The summed E-state index contributed by atoms with van der Waals surface area (Å²) in [5.41, 5.74) is 2.71. The monoisotopic (exact) mass is 254 g/mol. The van der Waals surface area contributed by atoms with E-state index in [4.69, 9.17) is 0 Å². The highest BCUT2D eigenvalue weighted by Gasteiger charge is 2.13. The first-order valence-corrected chi connectivity index (χ1v) is 6.79. The van der Waals surface area contributed by atoms with E-state index in [1.54, 1.807) is 6.07 Å². The molecule has 1 aromatic heterocycles. The number of pyridine rings is 1. The van der Waals surface area contributed by atoms with Crippen LogP contribution in [0.3, 0.4) is 0 Å². The van der Waals surface area contributed by atoms with Gasteiger partial charge in [0, 0.05) is 12.1 Å². The van der Waals surface area contributed by atoms with Crippen molar-refractivity contribution < 1.29 is 5.11 Å². The highest BCUT2D eigenvalue weighted by Crippen LogP contribution is 2.27. The van der Waals surface area contributed by atoms with Crippen LogP contribution in [0.5, 0.6) is 5.75 Å². The van der Waals surface area contributed by atoms with Crippen LogP contribution in [0.15, 0.2) is 42.5 Å². The van der Waals surface area contributed by atoms with Crippen molar-refractivity contribution in [3.63, 3.8) is 0 Å². The summed E-state index contributed by atoms with van der Waals surface area (Å²) in [7, 11) is 0. The molecule has 0 aliphatic carbocycles. The van der Waals surface area contributed by atoms with Crippen LogP contribution in [0.1, 0.15) is 18.5 Å². The van der Waals surface area contributed by atoms with Gasteiger partial charge in [-0.25, -0.2) is 0 Å². The van der Waals surface area contributed by atoms with Crippen LogP contribution < -0.4 is 0 Å². The zero-order chi connectivity index (χ0) is 13.1. The molecule has 0 unspecified atom stereocenters. The number of rotatable bonds is 3. The molecular weight excluding hydrogens is 236 g/mol. The Morgan fingerprint density at radius 2 is 1.79 bits per heavy atom. The van der Waals surface area contributed by atoms with Gasteiger partial charge in [-0.3, -0.25) is 9.88 Å². The Labute approximate surface area is 113 Å². The van der Waals surface area contributed by atoms with Gasteiger partial charge in [0.2, 0.25) is 0 Å². The minimum atomic E-state index is 0.285. The van der Waals surface area contributed by atoms with E-state index < -0.39 is 0 Å². The van der Waals surface area contributed by atoms with Crippen LogP contribution in [0.4, 0.5) is 0 Å². The fraction of sp³-hybridized carbons (Fsp3) is 0.312. The standard InChI is InChI=1S/C16H18N2O/c19-16-9-2-1-7-14(16)15-8-5-6-13(17-15)12-18-10-3-4-11-18/h1-2,5-9,19H,3-4,10-12H2. The number of aromatic hydroxyl groups is 1. The third-order valence-corrected chi connectivity index (χ3v) is 3.57. The van der Waals surface area contributed by atoms with Gasteiger partial charge in [0.1, 0.15) is 5.75 Å². The van der Waals surface area contributed by atoms with Gasteiger partial charge in [-0.1, -0.05) is 18.2 Å². The van der Waals surface area contributed by atoms with Crippen LogP contribution in [0.25, 0.3) is 11.3 Å². The smallest absolute Gasteiger partial charge is 0.124 e. The predicted molar refractivity (Wildman–Crippen MR) is 75.8 cm³/mol. The van der Waals surface area contributed by atoms with E-state index in [0.29, 0.717) is 0 Å². The maximum absolute atomic E-state index is 9.89. The predicted octanol–water partition coefficient (Wildman–Crippen LogP) is 3.05. The van der Waals surface area contributed by atoms with E-state index in [1.807, 2.05) is 30.3 Å². The average Bonchev–Trinajstić information content (AvgIpc) is 2.92. The molecule has 3 nitrogen and oxygen atoms in total. The Bertz CT molecular complexity index is 562. The summed E-state index contributed by atoms with van der Waals surface area (Å²) in [5.74, 6) is 0.285. The highest BCUT2D eigenvalue weighted by molar-refractivity contribution is 5.66. The summed E-state index contributed by atoms with van der Waals surface area (Å²) >= 11 is 0. The number of likely N-dealkylation sites (tertiary alicyclic amines) is 1. The Morgan fingerprint density at radius 3 is 2.58 bits per heavy atom. The molecule has 0 atom stereocenters. The molecule has 3 heteroatoms. The molecule has 0 amide bonds. The minimum Gasteiger partial charge on any atom is -0.507 e. The van der Waals surface area contributed by atoms with Gasteiger partial charge >= 0.3 is 0 Å². The third-order valence-electron chi connectivity index (χ3n) is 3.57. The minimum absolute atomic E-state index is 0.285. The molecule has 98 valence electrons. The number of aromatic nitrogens is 1. The largest absolute Gasteiger partial charge is 0.507 e. The molecule has 0 saturated carbocycles. The summed E-state index contributed by atoms with van der Waals surface area (Å²) in [5, 5.41) is 9.89. The number of nitrogens with zero attached hydrogens (tertiary/aromatic N) is 2. The molecule has 2 aromatic rings. The number of para-hydroxylation sites is 1. The molecule has 3 rings (SSSR count). The number of phenols is 1. The molecule has 1 saturated heterocycles. The normalized spacial score (nSPS) is 15.8. The maximum Gasteiger partial charge on any atom is 0.124 e. The first-order valence-electron chi connectivity index (χ1n) is 6.79. The summed E-state index contributed by atoms with van der Waals surface area (Å²) in [6, 6.07) is 13.4. The van der Waals surface area contributed by atoms with E-state index in [2.05, 4.69) is 16.0 Å². The fourth-order valence-electron chi connectivity index (χ4n) is 2.58. The summed E-state index contributed by atoms with van der Waals surface area (Å²) in [6.45, 7) is 3.24. The number of hydrogen-bond donors (Lipinski definition) is 1. The van der Waals surface area contributed by atoms with Crippen LogP contribution in [-0.4, -0.2) is 28.1 Å². The van der Waals surface area contributed by atoms with Crippen LogP contribution >= 0.6 is 0 Å². The maximum atomic E-state index is 9.89. The fourth-order valence-corrected chi connectivity index (χ4v) is 2.58. The molecule has 1 aliphatic rings. The molecule has 0 bridgehead atoms. The average molecular weight is 254 g/mol. The lowest BCUT2D eigenvalue weighted by Gasteiger charge is -2.14. The second-order valence-electron chi connectivity index (χ2n) is 5.01. The van der Waals surface area contributed by atoms with E-state index in [-0.39, 0.29) is 5.75 Å². The van der Waals surface area contributed by atoms with E-state index in [0.717, 1.165) is 23.5 Å². The van der Waals surface area contributed by atoms with Gasteiger partial charge in [-0.15, -0.1) is 0 Å². The number of benzene rings is 1. The van der Waals surface area contributed by atoms with Crippen molar-refractivity contribution in [3.05, 3.63) is 48.2 Å². The summed E-state index contributed by atoms with van der Waals surface area (Å²) in [6.07, 6.45) is 2.58. The Kier molecular flexibility index (Phi) is 3.47. The Balaban J connectivity index is 1.85. The second-order valence-corrected chi connectivity index (χ2v) is 5.01. The van der Waals surface area contributed by atoms with Crippen molar-refractivity contribution in [1.29, 1.82) is 0 Å². The topological polar surface area (TPSA) is 36.4 Å². The molecule has 1 N–H and O–H groups in total. The molecule has 2 heterocycles. The number of hydrogen-bond acceptors (Lipinski definition) is 3. The van der Waals surface area contributed by atoms with Gasteiger partial charge < -0.3 is 5.11 Å². The second kappa shape index (κ2) is 5.41. The molecule has 0 radical (unpaired) electrons. The lowest BCUT2D eigenvalue weighted by molar-refractivity contribution is 0.327. The molecule has 1 fully saturated rings. The SMILES string of the molecule is Oc1ccccc1-c1cccc(CN2CCCC2)n1. The van der Waals surface area contributed by atoms with Gasteiger partial charge in [-0.05, 0) is 50.2 Å². The lowest BCUT2D eigenvalue weighted by atomic mass is 10.1. The third kappa shape index (κ3) is 2.76. The molecular formula is C16H18N2O. The van der Waals surface area contributed by atoms with Crippen LogP contribution in [0.2, 0.25) is 0 Å². The van der Waals surface area contributed by atoms with Crippen molar-refractivity contribution in [2.75, 3.05) is 13.1 Å². The van der Waals surface area contributed by atoms with Gasteiger partial charge in [0.25, 0.3) is 0 Å². The van der Waals surface area contributed by atoms with Crippen molar-refractivity contribution in [1.82, 2.24) is 9.88 Å². The summed E-state index contributed by atoms with van der Waals surface area (Å²) in [4.78, 5) is 7.09. The Hall–Kier alpha value is -1.87. The van der Waals surface area contributed by atoms with Gasteiger partial charge in [0.15, 0.2) is 0 Å². The van der Waals surface area contributed by atoms with Crippen molar-refractivity contribution in [2.45, 2.75) is 19.4 Å². The van der Waals surface area contributed by atoms with Crippen molar-refractivity contribution in [2.24, 2.45) is 0 Å². The zero-order valence-electron chi connectivity index (χ0n) is 10.9. The van der Waals surface area contributed by atoms with Gasteiger partial charge in [0.05, 0.1) is 11.4 Å². The van der Waals surface area contributed by atoms with Crippen molar-refractivity contribution in [3.8, 4) is 17.0 Å². The van der Waals surface area contributed by atoms with E-state index >= 15 is 0 Å². The first kappa shape index (κ1) is 12.2.